The molecular formula is C17H25NO2S. The lowest BCUT2D eigenvalue weighted by molar-refractivity contribution is 0.333. The first-order valence-corrected chi connectivity index (χ1v) is 9.28. The Morgan fingerprint density at radius 1 is 0.857 bits per heavy atom. The van der Waals surface area contributed by atoms with Gasteiger partial charge in [-0.3, -0.25) is 0 Å². The summed E-state index contributed by atoms with van der Waals surface area (Å²) >= 11 is 0. The number of sulfonamides is 1. The van der Waals surface area contributed by atoms with E-state index in [2.05, 4.69) is 6.92 Å². The number of nitrogens with zero attached hydrogens (tertiary/aromatic N) is 1. The number of hydrogen-bond acceptors (Lipinski definition) is 2. The fourth-order valence-electron chi connectivity index (χ4n) is 4.14. The zero-order valence-corrected chi connectivity index (χ0v) is 14.5. The fourth-order valence-corrected chi connectivity index (χ4v) is 6.45. The van der Waals surface area contributed by atoms with Gasteiger partial charge in [-0.2, -0.15) is 4.31 Å². The number of piperidine rings is 1. The lowest BCUT2D eigenvalue weighted by atomic mass is 9.95. The highest BCUT2D eigenvalue weighted by molar-refractivity contribution is 7.89. The van der Waals surface area contributed by atoms with Gasteiger partial charge in [0, 0.05) is 12.6 Å². The second-order valence-corrected chi connectivity index (χ2v) is 8.69. The molecule has 116 valence electrons. The van der Waals surface area contributed by atoms with Crippen LogP contribution in [0.5, 0.6) is 0 Å². The molecule has 1 heterocycles. The Labute approximate surface area is 128 Å². The molecule has 2 atom stereocenters. The van der Waals surface area contributed by atoms with Crippen molar-refractivity contribution in [1.82, 2.24) is 4.31 Å². The van der Waals surface area contributed by atoms with Crippen LogP contribution in [0.15, 0.2) is 4.90 Å². The Morgan fingerprint density at radius 3 is 1.81 bits per heavy atom. The molecule has 2 unspecified atom stereocenters. The zero-order valence-electron chi connectivity index (χ0n) is 13.7. The maximum atomic E-state index is 13.2. The Balaban J connectivity index is 2.16. The fraction of sp³-hybridized carbons (Fsp3) is 0.647. The van der Waals surface area contributed by atoms with Crippen molar-refractivity contribution in [2.45, 2.75) is 64.8 Å². The molecule has 1 aliphatic heterocycles. The van der Waals surface area contributed by atoms with Crippen LogP contribution in [0, 0.1) is 40.5 Å². The molecule has 3 rings (SSSR count). The first kappa shape index (κ1) is 15.0. The molecule has 1 saturated heterocycles. The van der Waals surface area contributed by atoms with E-state index in [9.17, 15) is 8.42 Å². The van der Waals surface area contributed by atoms with E-state index in [4.69, 9.17) is 0 Å². The van der Waals surface area contributed by atoms with Crippen LogP contribution in [0.1, 0.15) is 47.1 Å². The van der Waals surface area contributed by atoms with Gasteiger partial charge >= 0.3 is 0 Å². The maximum Gasteiger partial charge on any atom is 0.243 e. The van der Waals surface area contributed by atoms with Crippen molar-refractivity contribution >= 4 is 10.0 Å². The Hall–Kier alpha value is -0.870. The normalized spacial score (nSPS) is 25.8. The van der Waals surface area contributed by atoms with Crippen LogP contribution < -0.4 is 0 Å². The van der Waals surface area contributed by atoms with Gasteiger partial charge in [0.2, 0.25) is 10.0 Å². The summed E-state index contributed by atoms with van der Waals surface area (Å²) in [5, 5.41) is 0. The van der Waals surface area contributed by atoms with Crippen molar-refractivity contribution < 1.29 is 8.42 Å². The van der Waals surface area contributed by atoms with Crippen molar-refractivity contribution in [2.75, 3.05) is 6.54 Å². The summed E-state index contributed by atoms with van der Waals surface area (Å²) in [5.74, 6) is 0.582. The van der Waals surface area contributed by atoms with Gasteiger partial charge in [-0.1, -0.05) is 0 Å². The van der Waals surface area contributed by atoms with E-state index in [0.717, 1.165) is 41.6 Å². The molecule has 1 aliphatic carbocycles. The van der Waals surface area contributed by atoms with E-state index in [1.54, 1.807) is 4.31 Å². The number of fused-ring (bicyclic) bond motifs is 2. The zero-order chi connectivity index (χ0) is 15.5. The lowest BCUT2D eigenvalue weighted by Gasteiger charge is -2.29. The Bertz CT molecular complexity index is 677. The molecule has 2 aliphatic rings. The van der Waals surface area contributed by atoms with E-state index in [1.807, 2.05) is 27.7 Å². The third kappa shape index (κ3) is 2.07. The minimum absolute atomic E-state index is 0.237. The van der Waals surface area contributed by atoms with E-state index in [0.29, 0.717) is 10.8 Å². The van der Waals surface area contributed by atoms with Gasteiger partial charge in [-0.05, 0) is 87.6 Å². The van der Waals surface area contributed by atoms with Gasteiger partial charge in [0.25, 0.3) is 0 Å². The first-order chi connectivity index (χ1) is 9.75. The summed E-state index contributed by atoms with van der Waals surface area (Å²) in [6, 6.07) is 0.237. The standard InChI is InChI=1S/C17H25NO2S/c1-10-11(2)13(4)17(14(5)12(10)3)21(19,20)18-9-15-6-7-16(18)8-15/h15-16H,6-9H2,1-5H3. The van der Waals surface area contributed by atoms with E-state index >= 15 is 0 Å². The largest absolute Gasteiger partial charge is 0.243 e. The molecule has 1 aromatic rings. The highest BCUT2D eigenvalue weighted by Crippen LogP contribution is 2.42. The van der Waals surface area contributed by atoms with Gasteiger partial charge in [-0.15, -0.1) is 0 Å². The summed E-state index contributed by atoms with van der Waals surface area (Å²) < 4.78 is 28.2. The molecule has 0 amide bonds. The smallest absolute Gasteiger partial charge is 0.207 e. The molecule has 21 heavy (non-hydrogen) atoms. The van der Waals surface area contributed by atoms with E-state index in [-0.39, 0.29) is 6.04 Å². The quantitative estimate of drug-likeness (QED) is 0.840. The third-order valence-corrected chi connectivity index (χ3v) is 8.05. The highest BCUT2D eigenvalue weighted by atomic mass is 32.2. The van der Waals surface area contributed by atoms with Crippen LogP contribution in [0.25, 0.3) is 0 Å². The summed E-state index contributed by atoms with van der Waals surface area (Å²) in [6.45, 7) is 10.8. The van der Waals surface area contributed by atoms with Crippen molar-refractivity contribution in [3.63, 3.8) is 0 Å². The van der Waals surface area contributed by atoms with Gasteiger partial charge < -0.3 is 0 Å². The van der Waals surface area contributed by atoms with Crippen molar-refractivity contribution in [2.24, 2.45) is 5.92 Å². The highest BCUT2D eigenvalue weighted by Gasteiger charge is 2.45. The monoisotopic (exact) mass is 307 g/mol. The minimum atomic E-state index is -3.36. The van der Waals surface area contributed by atoms with E-state index in [1.165, 1.54) is 12.0 Å². The second-order valence-electron chi connectivity index (χ2n) is 6.86. The van der Waals surface area contributed by atoms with Crippen LogP contribution in [0.2, 0.25) is 0 Å². The molecule has 1 saturated carbocycles. The van der Waals surface area contributed by atoms with E-state index < -0.39 is 10.0 Å². The molecule has 0 radical (unpaired) electrons. The van der Waals surface area contributed by atoms with Crippen molar-refractivity contribution in [3.8, 4) is 0 Å². The van der Waals surface area contributed by atoms with Crippen LogP contribution in [0.4, 0.5) is 0 Å². The molecule has 2 bridgehead atoms. The lowest BCUT2D eigenvalue weighted by Crippen LogP contribution is -2.38. The second kappa shape index (κ2) is 4.82. The van der Waals surface area contributed by atoms with Crippen molar-refractivity contribution in [1.29, 1.82) is 0 Å². The molecule has 3 nitrogen and oxygen atoms in total. The summed E-state index contributed by atoms with van der Waals surface area (Å²) in [4.78, 5) is 0.565. The van der Waals surface area contributed by atoms with Gasteiger partial charge in [0.1, 0.15) is 0 Å². The first-order valence-electron chi connectivity index (χ1n) is 7.84. The Morgan fingerprint density at radius 2 is 1.38 bits per heavy atom. The number of benzene rings is 1. The molecule has 0 spiro atoms. The van der Waals surface area contributed by atoms with Gasteiger partial charge in [-0.25, -0.2) is 8.42 Å². The van der Waals surface area contributed by atoms with Crippen LogP contribution in [0.3, 0.4) is 0 Å². The maximum absolute atomic E-state index is 13.2. The summed E-state index contributed by atoms with van der Waals surface area (Å²) in [7, 11) is -3.36. The molecule has 1 aromatic carbocycles. The summed E-state index contributed by atoms with van der Waals surface area (Å²) in [6.07, 6.45) is 3.29. The van der Waals surface area contributed by atoms with Crippen LogP contribution in [-0.2, 0) is 10.0 Å². The van der Waals surface area contributed by atoms with Crippen molar-refractivity contribution in [3.05, 3.63) is 27.8 Å². The SMILES string of the molecule is Cc1c(C)c(C)c(S(=O)(=O)N2CC3CCC2C3)c(C)c1C. The average molecular weight is 307 g/mol. The van der Waals surface area contributed by atoms with Gasteiger partial charge in [0.15, 0.2) is 0 Å². The van der Waals surface area contributed by atoms with Gasteiger partial charge in [0.05, 0.1) is 4.90 Å². The predicted octanol–water partition coefficient (Wildman–Crippen LogP) is 3.40. The molecule has 0 N–H and O–H groups in total. The Kier molecular flexibility index (Phi) is 3.45. The van der Waals surface area contributed by atoms with Crippen LogP contribution >= 0.6 is 0 Å². The molecule has 0 aromatic heterocycles. The minimum Gasteiger partial charge on any atom is -0.207 e. The molecule has 4 heteroatoms. The number of hydrogen-bond donors (Lipinski definition) is 0. The average Bonchev–Trinajstić information content (AvgIpc) is 3.06. The molecule has 2 fully saturated rings. The topological polar surface area (TPSA) is 37.4 Å². The molecular weight excluding hydrogens is 282 g/mol. The van der Waals surface area contributed by atoms with Crippen LogP contribution in [-0.4, -0.2) is 25.3 Å². The predicted molar refractivity (Wildman–Crippen MR) is 85.1 cm³/mol. The third-order valence-electron chi connectivity index (χ3n) is 5.86. The summed E-state index contributed by atoms with van der Waals surface area (Å²) in [5.41, 5.74) is 5.30. The number of rotatable bonds is 2.